The van der Waals surface area contributed by atoms with Gasteiger partial charge < -0.3 is 10.2 Å². The summed E-state index contributed by atoms with van der Waals surface area (Å²) in [5.74, 6) is 0. The van der Waals surface area contributed by atoms with Crippen LogP contribution in [0.5, 0.6) is 0 Å². The molecular weight excluding hydrogens is 202 g/mol. The maximum Gasteiger partial charge on any atom is 0.195 e. The molecule has 0 saturated heterocycles. The van der Waals surface area contributed by atoms with Gasteiger partial charge >= 0.3 is 0 Å². The van der Waals surface area contributed by atoms with Gasteiger partial charge in [0.1, 0.15) is 5.58 Å². The predicted octanol–water partition coefficient (Wildman–Crippen LogP) is 1.99. The van der Waals surface area contributed by atoms with E-state index in [1.807, 2.05) is 32.0 Å². The highest BCUT2D eigenvalue weighted by molar-refractivity contribution is 5.77. The summed E-state index contributed by atoms with van der Waals surface area (Å²) in [6, 6.07) is 5.56. The highest BCUT2D eigenvalue weighted by Crippen LogP contribution is 2.13. The number of hydrogen-bond acceptors (Lipinski definition) is 3. The Bertz CT molecular complexity index is 570. The summed E-state index contributed by atoms with van der Waals surface area (Å²) in [4.78, 5) is 12.1. The van der Waals surface area contributed by atoms with Gasteiger partial charge in [0, 0.05) is 11.6 Å². The van der Waals surface area contributed by atoms with Crippen molar-refractivity contribution >= 4 is 11.0 Å². The molecule has 3 nitrogen and oxygen atoms in total. The summed E-state index contributed by atoms with van der Waals surface area (Å²) in [6.45, 7) is 3.83. The number of rotatable bonds is 2. The maximum atomic E-state index is 12.1. The smallest absolute Gasteiger partial charge is 0.195 e. The van der Waals surface area contributed by atoms with E-state index in [0.717, 1.165) is 5.56 Å². The molecule has 0 radical (unpaired) electrons. The summed E-state index contributed by atoms with van der Waals surface area (Å²) in [5.41, 5.74) is 8.05. The molecule has 16 heavy (non-hydrogen) atoms. The van der Waals surface area contributed by atoms with Gasteiger partial charge in [0.2, 0.25) is 0 Å². The zero-order chi connectivity index (χ0) is 11.7. The Labute approximate surface area is 93.9 Å². The lowest BCUT2D eigenvalue weighted by molar-refractivity contribution is 0.585. The molecule has 2 aromatic rings. The number of fused-ring (bicyclic) bond motifs is 1. The first kappa shape index (κ1) is 10.9. The van der Waals surface area contributed by atoms with Gasteiger partial charge in [0.25, 0.3) is 0 Å². The van der Waals surface area contributed by atoms with Crippen molar-refractivity contribution in [1.29, 1.82) is 0 Å². The highest BCUT2D eigenvalue weighted by atomic mass is 16.3. The molecule has 0 amide bonds. The Balaban J connectivity index is 2.64. The molecule has 0 aliphatic rings. The molecule has 1 heterocycles. The second kappa shape index (κ2) is 4.10. The molecule has 0 saturated carbocycles. The summed E-state index contributed by atoms with van der Waals surface area (Å²) < 4.78 is 5.42. The summed E-state index contributed by atoms with van der Waals surface area (Å²) in [5, 5.41) is 0.637. The summed E-state index contributed by atoms with van der Waals surface area (Å²) in [7, 11) is 0. The minimum Gasteiger partial charge on any atom is -0.464 e. The fourth-order valence-electron chi connectivity index (χ4n) is 1.77. The van der Waals surface area contributed by atoms with Gasteiger partial charge in [-0.1, -0.05) is 11.6 Å². The second-order valence-electron chi connectivity index (χ2n) is 4.27. The Kier molecular flexibility index (Phi) is 2.79. The van der Waals surface area contributed by atoms with Crippen molar-refractivity contribution in [2.45, 2.75) is 26.3 Å². The van der Waals surface area contributed by atoms with E-state index in [1.165, 1.54) is 6.26 Å². The first-order chi connectivity index (χ1) is 7.58. The number of hydrogen-bond donors (Lipinski definition) is 1. The molecule has 0 aliphatic carbocycles. The largest absolute Gasteiger partial charge is 0.464 e. The van der Waals surface area contributed by atoms with Crippen LogP contribution in [0.15, 0.2) is 33.7 Å². The lowest BCUT2D eigenvalue weighted by Gasteiger charge is -2.05. The molecule has 1 aromatic heterocycles. The monoisotopic (exact) mass is 217 g/mol. The van der Waals surface area contributed by atoms with Crippen LogP contribution in [-0.2, 0) is 6.42 Å². The Morgan fingerprint density at radius 1 is 1.44 bits per heavy atom. The van der Waals surface area contributed by atoms with Crippen molar-refractivity contribution in [1.82, 2.24) is 0 Å². The molecule has 0 bridgehead atoms. The van der Waals surface area contributed by atoms with Gasteiger partial charge in [-0.25, -0.2) is 0 Å². The van der Waals surface area contributed by atoms with E-state index < -0.39 is 0 Å². The number of benzene rings is 1. The first-order valence-electron chi connectivity index (χ1n) is 5.34. The van der Waals surface area contributed by atoms with Gasteiger partial charge in [-0.05, 0) is 32.4 Å². The van der Waals surface area contributed by atoms with Crippen molar-refractivity contribution in [2.24, 2.45) is 5.73 Å². The zero-order valence-electron chi connectivity index (χ0n) is 9.49. The fraction of sp³-hybridized carbons (Fsp3) is 0.308. The van der Waals surface area contributed by atoms with Crippen molar-refractivity contribution in [3.63, 3.8) is 0 Å². The van der Waals surface area contributed by atoms with Gasteiger partial charge in [-0.3, -0.25) is 4.79 Å². The zero-order valence-corrected chi connectivity index (χ0v) is 9.49. The van der Waals surface area contributed by atoms with Crippen molar-refractivity contribution < 1.29 is 4.42 Å². The third-order valence-electron chi connectivity index (χ3n) is 2.54. The molecular formula is C13H15NO2. The van der Waals surface area contributed by atoms with E-state index in [0.29, 0.717) is 23.0 Å². The van der Waals surface area contributed by atoms with Crippen LogP contribution in [0.3, 0.4) is 0 Å². The predicted molar refractivity (Wildman–Crippen MR) is 64.6 cm³/mol. The Morgan fingerprint density at radius 2 is 2.19 bits per heavy atom. The van der Waals surface area contributed by atoms with Crippen molar-refractivity contribution in [3.05, 3.63) is 45.8 Å². The molecule has 1 unspecified atom stereocenters. The van der Waals surface area contributed by atoms with Gasteiger partial charge in [0.05, 0.1) is 11.6 Å². The van der Waals surface area contributed by atoms with Crippen LogP contribution in [0, 0.1) is 6.92 Å². The molecule has 0 fully saturated rings. The molecule has 0 aliphatic heterocycles. The van der Waals surface area contributed by atoms with Crippen LogP contribution < -0.4 is 11.2 Å². The average Bonchev–Trinajstić information content (AvgIpc) is 2.22. The fourth-order valence-corrected chi connectivity index (χ4v) is 1.77. The molecule has 1 atom stereocenters. The topological polar surface area (TPSA) is 56.2 Å². The van der Waals surface area contributed by atoms with Crippen LogP contribution in [0.4, 0.5) is 0 Å². The van der Waals surface area contributed by atoms with Crippen LogP contribution in [0.1, 0.15) is 18.1 Å². The second-order valence-corrected chi connectivity index (χ2v) is 4.27. The Hall–Kier alpha value is -1.61. The van der Waals surface area contributed by atoms with E-state index in [2.05, 4.69) is 0 Å². The summed E-state index contributed by atoms with van der Waals surface area (Å²) in [6.07, 6.45) is 2.07. The van der Waals surface area contributed by atoms with Crippen molar-refractivity contribution in [2.75, 3.05) is 0 Å². The van der Waals surface area contributed by atoms with E-state index >= 15 is 0 Å². The van der Waals surface area contributed by atoms with E-state index in [4.69, 9.17) is 10.2 Å². The highest BCUT2D eigenvalue weighted by Gasteiger charge is 2.08. The van der Waals surface area contributed by atoms with Crippen LogP contribution >= 0.6 is 0 Å². The SMILES string of the molecule is Cc1ccc2occ(CC(C)N)c(=O)c2c1. The third kappa shape index (κ3) is 1.99. The van der Waals surface area contributed by atoms with Crippen LogP contribution in [0.2, 0.25) is 0 Å². The average molecular weight is 217 g/mol. The quantitative estimate of drug-likeness (QED) is 0.837. The lowest BCUT2D eigenvalue weighted by atomic mass is 10.1. The third-order valence-corrected chi connectivity index (χ3v) is 2.54. The molecule has 2 N–H and O–H groups in total. The number of nitrogens with two attached hydrogens (primary N) is 1. The van der Waals surface area contributed by atoms with Crippen LogP contribution in [-0.4, -0.2) is 6.04 Å². The van der Waals surface area contributed by atoms with E-state index in [1.54, 1.807) is 0 Å². The maximum absolute atomic E-state index is 12.1. The van der Waals surface area contributed by atoms with Gasteiger partial charge in [0.15, 0.2) is 5.43 Å². The molecule has 84 valence electrons. The van der Waals surface area contributed by atoms with Crippen LogP contribution in [0.25, 0.3) is 11.0 Å². The van der Waals surface area contributed by atoms with Gasteiger partial charge in [-0.15, -0.1) is 0 Å². The summed E-state index contributed by atoms with van der Waals surface area (Å²) >= 11 is 0. The van der Waals surface area contributed by atoms with E-state index in [9.17, 15) is 4.79 Å². The minimum atomic E-state index is -0.0369. The van der Waals surface area contributed by atoms with Gasteiger partial charge in [-0.2, -0.15) is 0 Å². The van der Waals surface area contributed by atoms with E-state index in [-0.39, 0.29) is 11.5 Å². The standard InChI is InChI=1S/C13H15NO2/c1-8-3-4-12-11(5-8)13(15)10(7-16-12)6-9(2)14/h3-5,7,9H,6,14H2,1-2H3. The lowest BCUT2D eigenvalue weighted by Crippen LogP contribution is -2.22. The number of aryl methyl sites for hydroxylation is 1. The minimum absolute atomic E-state index is 0.0299. The molecule has 2 rings (SSSR count). The molecule has 3 heteroatoms. The molecule has 1 aromatic carbocycles. The van der Waals surface area contributed by atoms with Crippen molar-refractivity contribution in [3.8, 4) is 0 Å². The molecule has 0 spiro atoms. The Morgan fingerprint density at radius 3 is 2.88 bits per heavy atom. The first-order valence-corrected chi connectivity index (χ1v) is 5.34. The normalized spacial score (nSPS) is 12.9.